The van der Waals surface area contributed by atoms with Gasteiger partial charge in [-0.1, -0.05) is 59.4 Å². The molecule has 0 aliphatic rings. The monoisotopic (exact) mass is 327 g/mol. The first-order valence-electron chi connectivity index (χ1n) is 5.46. The van der Waals surface area contributed by atoms with Crippen LogP contribution in [0.4, 0.5) is 0 Å². The molecule has 0 radical (unpaired) electrons. The minimum atomic E-state index is -1.04. The summed E-state index contributed by atoms with van der Waals surface area (Å²) in [6, 6.07) is 5.26. The number of halogens is 4. The Morgan fingerprint density at radius 1 is 1.28 bits per heavy atom. The van der Waals surface area contributed by atoms with Gasteiger partial charge in [0.05, 0.1) is 10.0 Å². The van der Waals surface area contributed by atoms with Gasteiger partial charge in [0.25, 0.3) is 5.91 Å². The summed E-state index contributed by atoms with van der Waals surface area (Å²) in [5.74, 6) is -0.300. The first-order chi connectivity index (χ1) is 8.45. The van der Waals surface area contributed by atoms with Gasteiger partial charge in [-0.15, -0.1) is 0 Å². The lowest BCUT2D eigenvalue weighted by atomic mass is 10.2. The Morgan fingerprint density at radius 3 is 2.44 bits per heavy atom. The molecule has 0 saturated carbocycles. The van der Waals surface area contributed by atoms with Gasteiger partial charge in [-0.05, 0) is 24.1 Å². The largest absolute Gasteiger partial charge is 0.336 e. The van der Waals surface area contributed by atoms with E-state index in [1.165, 1.54) is 0 Å². The maximum absolute atomic E-state index is 11.8. The number of amides is 1. The molecule has 1 aromatic rings. The van der Waals surface area contributed by atoms with Crippen LogP contribution in [0.3, 0.4) is 0 Å². The third kappa shape index (κ3) is 4.51. The van der Waals surface area contributed by atoms with Crippen LogP contribution in [0.1, 0.15) is 18.9 Å². The second kappa shape index (κ2) is 7.44. The van der Waals surface area contributed by atoms with Gasteiger partial charge in [-0.25, -0.2) is 0 Å². The SMILES string of the molecule is CCCN(Cc1ccc(Cl)c(Cl)c1)C(=O)C(Cl)Cl. The van der Waals surface area contributed by atoms with Crippen LogP contribution in [-0.2, 0) is 11.3 Å². The van der Waals surface area contributed by atoms with Crippen molar-refractivity contribution in [1.29, 1.82) is 0 Å². The standard InChI is InChI=1S/C12H13Cl4NO/c1-2-5-17(12(18)11(15)16)7-8-3-4-9(13)10(14)6-8/h3-4,6,11H,2,5,7H2,1H3. The summed E-state index contributed by atoms with van der Waals surface area (Å²) in [6.07, 6.45) is 0.827. The Morgan fingerprint density at radius 2 is 1.94 bits per heavy atom. The number of nitrogens with zero attached hydrogens (tertiary/aromatic N) is 1. The highest BCUT2D eigenvalue weighted by Crippen LogP contribution is 2.23. The van der Waals surface area contributed by atoms with E-state index in [2.05, 4.69) is 0 Å². The normalized spacial score (nSPS) is 10.8. The molecule has 6 heteroatoms. The molecule has 0 atom stereocenters. The van der Waals surface area contributed by atoms with E-state index in [1.807, 2.05) is 13.0 Å². The van der Waals surface area contributed by atoms with Gasteiger partial charge in [0, 0.05) is 13.1 Å². The molecule has 0 aliphatic carbocycles. The van der Waals surface area contributed by atoms with Crippen LogP contribution in [0.2, 0.25) is 10.0 Å². The summed E-state index contributed by atoms with van der Waals surface area (Å²) in [4.78, 5) is 12.4. The molecule has 0 saturated heterocycles. The molecular formula is C12H13Cl4NO. The van der Waals surface area contributed by atoms with Crippen LogP contribution < -0.4 is 0 Å². The molecule has 1 amide bonds. The molecule has 0 aromatic heterocycles. The lowest BCUT2D eigenvalue weighted by Crippen LogP contribution is -2.35. The first-order valence-corrected chi connectivity index (χ1v) is 7.09. The number of rotatable bonds is 5. The van der Waals surface area contributed by atoms with Gasteiger partial charge in [0.1, 0.15) is 0 Å². The van der Waals surface area contributed by atoms with E-state index >= 15 is 0 Å². The molecule has 1 aromatic carbocycles. The van der Waals surface area contributed by atoms with Crippen molar-refractivity contribution >= 4 is 52.3 Å². The van der Waals surface area contributed by atoms with Crippen LogP contribution in [0.5, 0.6) is 0 Å². The Kier molecular flexibility index (Phi) is 6.58. The predicted molar refractivity (Wildman–Crippen MR) is 77.7 cm³/mol. The average molecular weight is 329 g/mol. The van der Waals surface area contributed by atoms with Crippen LogP contribution in [-0.4, -0.2) is 22.2 Å². The van der Waals surface area contributed by atoms with E-state index < -0.39 is 4.84 Å². The second-order valence-electron chi connectivity index (χ2n) is 3.81. The lowest BCUT2D eigenvalue weighted by molar-refractivity contribution is -0.130. The van der Waals surface area contributed by atoms with E-state index in [1.54, 1.807) is 17.0 Å². The summed E-state index contributed by atoms with van der Waals surface area (Å²) < 4.78 is 0. The fourth-order valence-electron chi connectivity index (χ4n) is 1.53. The Balaban J connectivity index is 2.82. The van der Waals surface area contributed by atoms with Crippen molar-refractivity contribution in [2.75, 3.05) is 6.54 Å². The average Bonchev–Trinajstić information content (AvgIpc) is 2.32. The third-order valence-corrected chi connectivity index (χ3v) is 3.46. The molecule has 0 spiro atoms. The molecular weight excluding hydrogens is 316 g/mol. The predicted octanol–water partition coefficient (Wildman–Crippen LogP) is 4.54. The van der Waals surface area contributed by atoms with Crippen LogP contribution in [0.25, 0.3) is 0 Å². The van der Waals surface area contributed by atoms with E-state index in [-0.39, 0.29) is 5.91 Å². The molecule has 1 rings (SSSR count). The quantitative estimate of drug-likeness (QED) is 0.727. The molecule has 0 bridgehead atoms. The molecule has 2 nitrogen and oxygen atoms in total. The summed E-state index contributed by atoms with van der Waals surface area (Å²) >= 11 is 23.0. The highest BCUT2D eigenvalue weighted by Gasteiger charge is 2.19. The van der Waals surface area contributed by atoms with Crippen molar-refractivity contribution in [3.63, 3.8) is 0 Å². The zero-order valence-electron chi connectivity index (χ0n) is 9.80. The smallest absolute Gasteiger partial charge is 0.256 e. The minimum absolute atomic E-state index is 0.300. The number of carbonyl (C=O) groups excluding carboxylic acids is 1. The van der Waals surface area contributed by atoms with E-state index in [0.717, 1.165) is 12.0 Å². The van der Waals surface area contributed by atoms with Crippen molar-refractivity contribution in [2.45, 2.75) is 24.7 Å². The maximum atomic E-state index is 11.8. The van der Waals surface area contributed by atoms with Crippen molar-refractivity contribution in [3.05, 3.63) is 33.8 Å². The molecule has 18 heavy (non-hydrogen) atoms. The summed E-state index contributed by atoms with van der Waals surface area (Å²) in [5.41, 5.74) is 0.889. The van der Waals surface area contributed by atoms with E-state index in [9.17, 15) is 4.79 Å². The first kappa shape index (κ1) is 15.9. The number of hydrogen-bond acceptors (Lipinski definition) is 1. The maximum Gasteiger partial charge on any atom is 0.256 e. The van der Waals surface area contributed by atoms with Crippen LogP contribution >= 0.6 is 46.4 Å². The van der Waals surface area contributed by atoms with Crippen LogP contribution in [0, 0.1) is 0 Å². The summed E-state index contributed by atoms with van der Waals surface area (Å²) in [6.45, 7) is 2.99. The fraction of sp³-hybridized carbons (Fsp3) is 0.417. The number of carbonyl (C=O) groups is 1. The molecule has 100 valence electrons. The summed E-state index contributed by atoms with van der Waals surface area (Å²) in [5, 5.41) is 0.952. The number of alkyl halides is 2. The number of hydrogen-bond donors (Lipinski definition) is 0. The van der Waals surface area contributed by atoms with E-state index in [0.29, 0.717) is 23.1 Å². The van der Waals surface area contributed by atoms with Crippen molar-refractivity contribution in [3.8, 4) is 0 Å². The topological polar surface area (TPSA) is 20.3 Å². The van der Waals surface area contributed by atoms with Gasteiger partial charge < -0.3 is 4.90 Å². The van der Waals surface area contributed by atoms with Gasteiger partial charge in [-0.2, -0.15) is 0 Å². The van der Waals surface area contributed by atoms with Crippen LogP contribution in [0.15, 0.2) is 18.2 Å². The highest BCUT2D eigenvalue weighted by atomic mass is 35.5. The van der Waals surface area contributed by atoms with Gasteiger partial charge in [0.2, 0.25) is 0 Å². The zero-order valence-corrected chi connectivity index (χ0v) is 12.8. The highest BCUT2D eigenvalue weighted by molar-refractivity contribution is 6.53. The third-order valence-electron chi connectivity index (χ3n) is 2.35. The van der Waals surface area contributed by atoms with E-state index in [4.69, 9.17) is 46.4 Å². The summed E-state index contributed by atoms with van der Waals surface area (Å²) in [7, 11) is 0. The Labute approximate surface area is 127 Å². The molecule has 0 aliphatic heterocycles. The van der Waals surface area contributed by atoms with Crippen molar-refractivity contribution in [1.82, 2.24) is 4.90 Å². The van der Waals surface area contributed by atoms with Crippen molar-refractivity contribution < 1.29 is 4.79 Å². The van der Waals surface area contributed by atoms with Gasteiger partial charge in [-0.3, -0.25) is 4.79 Å². The molecule has 0 fully saturated rings. The minimum Gasteiger partial charge on any atom is -0.336 e. The zero-order chi connectivity index (χ0) is 13.7. The Bertz CT molecular complexity index is 423. The van der Waals surface area contributed by atoms with Crippen molar-refractivity contribution in [2.24, 2.45) is 0 Å². The molecule has 0 N–H and O–H groups in total. The molecule has 0 unspecified atom stereocenters. The Hall–Kier alpha value is -0.150. The van der Waals surface area contributed by atoms with Gasteiger partial charge in [0.15, 0.2) is 4.84 Å². The molecule has 0 heterocycles. The second-order valence-corrected chi connectivity index (χ2v) is 5.72. The lowest BCUT2D eigenvalue weighted by Gasteiger charge is -2.22. The fourth-order valence-corrected chi connectivity index (χ4v) is 2.13. The number of benzene rings is 1. The van der Waals surface area contributed by atoms with Gasteiger partial charge >= 0.3 is 0 Å².